The number of aliphatic hydroxyl groups is 1. The van der Waals surface area contributed by atoms with Crippen molar-refractivity contribution in [3.63, 3.8) is 0 Å². The molecule has 0 bridgehead atoms. The molecule has 0 radical (unpaired) electrons. The Kier molecular flexibility index (Phi) is 3.53. The molecule has 1 amide bonds. The number of nitrogens with one attached hydrogen (secondary N) is 1. The Bertz CT molecular complexity index is 313. The molecule has 0 aliphatic carbocycles. The minimum atomic E-state index is -0.628. The number of carbonyl (C=O) groups excluding carboxylic acids is 1. The highest BCUT2D eigenvalue weighted by atomic mass is 19.1. The van der Waals surface area contributed by atoms with E-state index < -0.39 is 5.95 Å². The average molecular weight is 198 g/mol. The van der Waals surface area contributed by atoms with Crippen LogP contribution < -0.4 is 5.32 Å². The SMILES string of the molecule is C[C@@H](CO)NC(=O)c1ccc(F)nc1. The second kappa shape index (κ2) is 4.66. The number of amides is 1. The number of aliphatic hydroxyl groups excluding tert-OH is 1. The first kappa shape index (κ1) is 10.6. The van der Waals surface area contributed by atoms with Gasteiger partial charge >= 0.3 is 0 Å². The molecule has 1 atom stereocenters. The highest BCUT2D eigenvalue weighted by molar-refractivity contribution is 5.93. The van der Waals surface area contributed by atoms with Crippen LogP contribution in [0.25, 0.3) is 0 Å². The van der Waals surface area contributed by atoms with Crippen LogP contribution in [0.2, 0.25) is 0 Å². The van der Waals surface area contributed by atoms with Crippen LogP contribution in [0.5, 0.6) is 0 Å². The first-order valence-corrected chi connectivity index (χ1v) is 4.16. The third kappa shape index (κ3) is 2.77. The number of halogens is 1. The van der Waals surface area contributed by atoms with Crippen molar-refractivity contribution in [3.05, 3.63) is 29.8 Å². The van der Waals surface area contributed by atoms with Crippen LogP contribution in [0.1, 0.15) is 17.3 Å². The topological polar surface area (TPSA) is 62.2 Å². The van der Waals surface area contributed by atoms with E-state index in [1.165, 1.54) is 6.07 Å². The molecule has 0 aromatic carbocycles. The van der Waals surface area contributed by atoms with Crippen LogP contribution in [0.15, 0.2) is 18.3 Å². The second-order valence-electron chi connectivity index (χ2n) is 2.93. The monoisotopic (exact) mass is 198 g/mol. The van der Waals surface area contributed by atoms with Crippen LogP contribution >= 0.6 is 0 Å². The van der Waals surface area contributed by atoms with Crippen molar-refractivity contribution in [1.82, 2.24) is 10.3 Å². The van der Waals surface area contributed by atoms with Crippen LogP contribution in [0, 0.1) is 5.95 Å². The molecular formula is C9H11FN2O2. The summed E-state index contributed by atoms with van der Waals surface area (Å²) >= 11 is 0. The van der Waals surface area contributed by atoms with Crippen LogP contribution in [-0.4, -0.2) is 28.6 Å². The summed E-state index contributed by atoms with van der Waals surface area (Å²) in [5.41, 5.74) is 0.270. The van der Waals surface area contributed by atoms with Gasteiger partial charge in [-0.1, -0.05) is 0 Å². The van der Waals surface area contributed by atoms with Gasteiger partial charge in [-0.2, -0.15) is 4.39 Å². The van der Waals surface area contributed by atoms with Crippen molar-refractivity contribution >= 4 is 5.91 Å². The predicted molar refractivity (Wildman–Crippen MR) is 48.2 cm³/mol. The number of pyridine rings is 1. The van der Waals surface area contributed by atoms with E-state index in [2.05, 4.69) is 10.3 Å². The van der Waals surface area contributed by atoms with Gasteiger partial charge in [0.25, 0.3) is 5.91 Å². The third-order valence-electron chi connectivity index (χ3n) is 1.64. The van der Waals surface area contributed by atoms with Gasteiger partial charge < -0.3 is 10.4 Å². The zero-order chi connectivity index (χ0) is 10.6. The van der Waals surface area contributed by atoms with E-state index in [1.807, 2.05) is 0 Å². The lowest BCUT2D eigenvalue weighted by Crippen LogP contribution is -2.35. The van der Waals surface area contributed by atoms with E-state index in [1.54, 1.807) is 6.92 Å². The van der Waals surface area contributed by atoms with Gasteiger partial charge in [-0.25, -0.2) is 4.98 Å². The van der Waals surface area contributed by atoms with Crippen molar-refractivity contribution < 1.29 is 14.3 Å². The molecular weight excluding hydrogens is 187 g/mol. The summed E-state index contributed by atoms with van der Waals surface area (Å²) in [5, 5.41) is 11.2. The molecule has 1 rings (SSSR count). The van der Waals surface area contributed by atoms with E-state index in [-0.39, 0.29) is 24.1 Å². The van der Waals surface area contributed by atoms with Gasteiger partial charge in [0.05, 0.1) is 12.2 Å². The molecule has 1 heterocycles. The van der Waals surface area contributed by atoms with Gasteiger partial charge in [0.1, 0.15) is 0 Å². The Morgan fingerprint density at radius 2 is 2.43 bits per heavy atom. The third-order valence-corrected chi connectivity index (χ3v) is 1.64. The van der Waals surface area contributed by atoms with Crippen LogP contribution in [0.4, 0.5) is 4.39 Å². The highest BCUT2D eigenvalue weighted by Gasteiger charge is 2.08. The molecule has 5 heteroatoms. The summed E-state index contributed by atoms with van der Waals surface area (Å²) in [6.07, 6.45) is 1.15. The van der Waals surface area contributed by atoms with E-state index in [0.717, 1.165) is 12.3 Å². The standard InChI is InChI=1S/C9H11FN2O2/c1-6(5-13)12-9(14)7-2-3-8(10)11-4-7/h2-4,6,13H,5H2,1H3,(H,12,14)/t6-/m0/s1. The van der Waals surface area contributed by atoms with E-state index in [9.17, 15) is 9.18 Å². The fourth-order valence-electron chi connectivity index (χ4n) is 0.863. The van der Waals surface area contributed by atoms with Gasteiger partial charge in [0, 0.05) is 12.2 Å². The molecule has 4 nitrogen and oxygen atoms in total. The van der Waals surface area contributed by atoms with Crippen molar-refractivity contribution in [1.29, 1.82) is 0 Å². The Morgan fingerprint density at radius 3 is 2.93 bits per heavy atom. The maximum Gasteiger partial charge on any atom is 0.253 e. The molecule has 0 aliphatic heterocycles. The van der Waals surface area contributed by atoms with Crippen molar-refractivity contribution in [3.8, 4) is 0 Å². The number of carbonyl (C=O) groups is 1. The summed E-state index contributed by atoms with van der Waals surface area (Å²) in [4.78, 5) is 14.7. The van der Waals surface area contributed by atoms with Crippen LogP contribution in [-0.2, 0) is 0 Å². The lowest BCUT2D eigenvalue weighted by atomic mass is 10.2. The number of hydrogen-bond donors (Lipinski definition) is 2. The normalized spacial score (nSPS) is 12.2. The molecule has 0 aliphatic rings. The maximum atomic E-state index is 12.4. The molecule has 0 unspecified atom stereocenters. The number of nitrogens with zero attached hydrogens (tertiary/aromatic N) is 1. The minimum absolute atomic E-state index is 0.139. The van der Waals surface area contributed by atoms with Crippen molar-refractivity contribution in [2.75, 3.05) is 6.61 Å². The van der Waals surface area contributed by atoms with Gasteiger partial charge in [-0.3, -0.25) is 4.79 Å². The summed E-state index contributed by atoms with van der Waals surface area (Å²) in [6.45, 7) is 1.52. The zero-order valence-corrected chi connectivity index (χ0v) is 7.70. The summed E-state index contributed by atoms with van der Waals surface area (Å²) in [6, 6.07) is 2.12. The minimum Gasteiger partial charge on any atom is -0.394 e. The molecule has 0 fully saturated rings. The molecule has 1 aromatic rings. The Labute approximate surface area is 80.8 Å². The van der Waals surface area contributed by atoms with E-state index in [0.29, 0.717) is 0 Å². The number of rotatable bonds is 3. The zero-order valence-electron chi connectivity index (χ0n) is 7.70. The number of aromatic nitrogens is 1. The summed E-state index contributed by atoms with van der Waals surface area (Å²) < 4.78 is 12.4. The Balaban J connectivity index is 2.65. The fourth-order valence-corrected chi connectivity index (χ4v) is 0.863. The summed E-state index contributed by atoms with van der Waals surface area (Å²) in [5.74, 6) is -1.00. The molecule has 1 aromatic heterocycles. The van der Waals surface area contributed by atoms with E-state index >= 15 is 0 Å². The summed E-state index contributed by atoms with van der Waals surface area (Å²) in [7, 11) is 0. The van der Waals surface area contributed by atoms with Gasteiger partial charge in [-0.05, 0) is 19.1 Å². The first-order valence-electron chi connectivity index (χ1n) is 4.16. The van der Waals surface area contributed by atoms with Gasteiger partial charge in [0.15, 0.2) is 0 Å². The molecule has 76 valence electrons. The quantitative estimate of drug-likeness (QED) is 0.688. The largest absolute Gasteiger partial charge is 0.394 e. The molecule has 0 saturated heterocycles. The highest BCUT2D eigenvalue weighted by Crippen LogP contribution is 1.99. The van der Waals surface area contributed by atoms with Crippen LogP contribution in [0.3, 0.4) is 0 Å². The predicted octanol–water partition coefficient (Wildman–Crippen LogP) is 0.331. The molecule has 14 heavy (non-hydrogen) atoms. The lowest BCUT2D eigenvalue weighted by Gasteiger charge is -2.09. The van der Waals surface area contributed by atoms with Gasteiger partial charge in [-0.15, -0.1) is 0 Å². The lowest BCUT2D eigenvalue weighted by molar-refractivity contribution is 0.0922. The van der Waals surface area contributed by atoms with Crippen molar-refractivity contribution in [2.45, 2.75) is 13.0 Å². The Hall–Kier alpha value is -1.49. The number of hydrogen-bond acceptors (Lipinski definition) is 3. The molecule has 2 N–H and O–H groups in total. The molecule has 0 spiro atoms. The van der Waals surface area contributed by atoms with E-state index in [4.69, 9.17) is 5.11 Å². The smallest absolute Gasteiger partial charge is 0.253 e. The second-order valence-corrected chi connectivity index (χ2v) is 2.93. The molecule has 0 saturated carbocycles. The van der Waals surface area contributed by atoms with Crippen molar-refractivity contribution in [2.24, 2.45) is 0 Å². The Morgan fingerprint density at radius 1 is 1.71 bits per heavy atom. The first-order chi connectivity index (χ1) is 6.63. The average Bonchev–Trinajstić information content (AvgIpc) is 2.18. The van der Waals surface area contributed by atoms with Gasteiger partial charge in [0.2, 0.25) is 5.95 Å². The fraction of sp³-hybridized carbons (Fsp3) is 0.333. The maximum absolute atomic E-state index is 12.4.